The quantitative estimate of drug-likeness (QED) is 0.810. The lowest BCUT2D eigenvalue weighted by molar-refractivity contribution is 0.0840. The summed E-state index contributed by atoms with van der Waals surface area (Å²) in [5, 5.41) is 0. The molecule has 27 heavy (non-hydrogen) atoms. The first-order valence-corrected chi connectivity index (χ1v) is 10.5. The molecule has 1 aromatic heterocycles. The minimum absolute atomic E-state index is 0.247. The molecule has 142 valence electrons. The maximum absolute atomic E-state index is 14.6. The maximum atomic E-state index is 14.6. The number of hydrogen-bond donors (Lipinski definition) is 0. The van der Waals surface area contributed by atoms with E-state index in [9.17, 15) is 12.8 Å². The van der Waals surface area contributed by atoms with Gasteiger partial charge in [0, 0.05) is 38.8 Å². The summed E-state index contributed by atoms with van der Waals surface area (Å²) in [6.07, 6.45) is 5.62. The molecule has 4 rings (SSSR count). The van der Waals surface area contributed by atoms with Crippen LogP contribution in [0.3, 0.4) is 0 Å². The van der Waals surface area contributed by atoms with Crippen molar-refractivity contribution in [1.82, 2.24) is 14.8 Å². The normalized spacial score (nSPS) is 23.9. The molecular weight excluding hydrogens is 365 g/mol. The average Bonchev–Trinajstić information content (AvgIpc) is 2.68. The van der Waals surface area contributed by atoms with Gasteiger partial charge in [-0.25, -0.2) is 12.8 Å². The lowest BCUT2D eigenvalue weighted by Crippen LogP contribution is -2.59. The maximum Gasteiger partial charge on any atom is 0.206 e. The van der Waals surface area contributed by atoms with E-state index in [1.165, 1.54) is 18.2 Å². The Morgan fingerprint density at radius 2 is 1.81 bits per heavy atom. The van der Waals surface area contributed by atoms with Crippen molar-refractivity contribution in [1.29, 1.82) is 0 Å². The van der Waals surface area contributed by atoms with Gasteiger partial charge >= 0.3 is 0 Å². The summed E-state index contributed by atoms with van der Waals surface area (Å²) in [6, 6.07) is 9.26. The number of sulfone groups is 1. The topological polar surface area (TPSA) is 53.5 Å². The van der Waals surface area contributed by atoms with Crippen LogP contribution in [0.2, 0.25) is 0 Å². The van der Waals surface area contributed by atoms with Crippen molar-refractivity contribution >= 4 is 15.9 Å². The van der Waals surface area contributed by atoms with Gasteiger partial charge in [-0.15, -0.1) is 0 Å². The molecule has 0 bridgehead atoms. The molecule has 1 saturated heterocycles. The zero-order valence-corrected chi connectivity index (χ0v) is 16.0. The van der Waals surface area contributed by atoms with Gasteiger partial charge in [0.1, 0.15) is 10.7 Å². The van der Waals surface area contributed by atoms with E-state index in [0.29, 0.717) is 18.8 Å². The van der Waals surface area contributed by atoms with Crippen molar-refractivity contribution in [3.8, 4) is 0 Å². The second kappa shape index (κ2) is 6.82. The van der Waals surface area contributed by atoms with Gasteiger partial charge in [0.2, 0.25) is 9.84 Å². The summed E-state index contributed by atoms with van der Waals surface area (Å²) < 4.78 is 42.4. The van der Waals surface area contributed by atoms with E-state index in [4.69, 9.17) is 0 Å². The molecule has 0 amide bonds. The number of piperazine rings is 1. The van der Waals surface area contributed by atoms with Gasteiger partial charge in [-0.05, 0) is 30.8 Å². The number of nitrogens with zero attached hydrogens (tertiary/aromatic N) is 3. The van der Waals surface area contributed by atoms with Gasteiger partial charge < -0.3 is 4.90 Å². The van der Waals surface area contributed by atoms with Crippen LogP contribution in [0.15, 0.2) is 53.6 Å². The highest BCUT2D eigenvalue weighted by atomic mass is 32.2. The molecule has 7 heteroatoms. The second-order valence-electron chi connectivity index (χ2n) is 7.06. The van der Waals surface area contributed by atoms with Crippen molar-refractivity contribution in [2.24, 2.45) is 0 Å². The molecule has 1 unspecified atom stereocenters. The van der Waals surface area contributed by atoms with Crippen LogP contribution in [0, 0.1) is 5.82 Å². The molecule has 1 atom stereocenters. The predicted octanol–water partition coefficient (Wildman–Crippen LogP) is 2.51. The molecule has 1 aromatic carbocycles. The van der Waals surface area contributed by atoms with E-state index >= 15 is 0 Å². The Kier molecular flexibility index (Phi) is 4.61. The van der Waals surface area contributed by atoms with E-state index in [0.717, 1.165) is 18.7 Å². The smallest absolute Gasteiger partial charge is 0.206 e. The highest BCUT2D eigenvalue weighted by molar-refractivity contribution is 7.92. The third kappa shape index (κ3) is 2.81. The number of pyridine rings is 1. The van der Waals surface area contributed by atoms with Gasteiger partial charge in [0.15, 0.2) is 4.87 Å². The zero-order chi connectivity index (χ0) is 19.1. The number of aromatic nitrogens is 1. The van der Waals surface area contributed by atoms with E-state index in [1.54, 1.807) is 18.3 Å². The highest BCUT2D eigenvalue weighted by Crippen LogP contribution is 2.45. The summed E-state index contributed by atoms with van der Waals surface area (Å²) >= 11 is 0. The van der Waals surface area contributed by atoms with E-state index < -0.39 is 20.5 Å². The predicted molar refractivity (Wildman–Crippen MR) is 102 cm³/mol. The van der Waals surface area contributed by atoms with E-state index in [1.807, 2.05) is 30.2 Å². The molecule has 1 aliphatic carbocycles. The Labute approximate surface area is 159 Å². The van der Waals surface area contributed by atoms with E-state index in [2.05, 4.69) is 9.88 Å². The van der Waals surface area contributed by atoms with Gasteiger partial charge in [0.05, 0.1) is 5.69 Å². The van der Waals surface area contributed by atoms with Gasteiger partial charge in [-0.2, -0.15) is 0 Å². The molecule has 0 radical (unpaired) electrons. The van der Waals surface area contributed by atoms with Crippen LogP contribution in [-0.2, 0) is 14.7 Å². The molecule has 1 fully saturated rings. The molecule has 0 spiro atoms. The number of fused-ring (bicyclic) bond motifs is 1. The van der Waals surface area contributed by atoms with Gasteiger partial charge in [-0.3, -0.25) is 9.88 Å². The molecule has 2 aliphatic rings. The molecule has 2 heterocycles. The molecule has 0 N–H and O–H groups in total. The SMILES string of the molecule is CN1CCN(C2(S(=O)(=O)c3ccccc3F)CC=Cc3cccnc32)CC1. The number of hydrogen-bond acceptors (Lipinski definition) is 5. The van der Waals surface area contributed by atoms with Crippen LogP contribution in [-0.4, -0.2) is 56.4 Å². The zero-order valence-electron chi connectivity index (χ0n) is 15.2. The van der Waals surface area contributed by atoms with Crippen molar-refractivity contribution < 1.29 is 12.8 Å². The summed E-state index contributed by atoms with van der Waals surface area (Å²) in [6.45, 7) is 2.66. The minimum Gasteiger partial charge on any atom is -0.304 e. The first-order chi connectivity index (χ1) is 13.0. The second-order valence-corrected chi connectivity index (χ2v) is 9.18. The fourth-order valence-electron chi connectivity index (χ4n) is 4.02. The fraction of sp³-hybridized carbons (Fsp3) is 0.350. The van der Waals surface area contributed by atoms with Crippen LogP contribution >= 0.6 is 0 Å². The minimum atomic E-state index is -4.07. The lowest BCUT2D eigenvalue weighted by atomic mass is 9.95. The Morgan fingerprint density at radius 1 is 1.07 bits per heavy atom. The average molecular weight is 387 g/mol. The van der Waals surface area contributed by atoms with E-state index in [-0.39, 0.29) is 11.3 Å². The van der Waals surface area contributed by atoms with Gasteiger partial charge in [-0.1, -0.05) is 30.4 Å². The summed E-state index contributed by atoms with van der Waals surface area (Å²) in [5.74, 6) is -0.724. The summed E-state index contributed by atoms with van der Waals surface area (Å²) in [5.41, 5.74) is 1.25. The molecule has 2 aromatic rings. The van der Waals surface area contributed by atoms with Crippen molar-refractivity contribution in [2.45, 2.75) is 16.2 Å². The number of rotatable bonds is 3. The highest BCUT2D eigenvalue weighted by Gasteiger charge is 2.54. The molecule has 5 nitrogen and oxygen atoms in total. The largest absolute Gasteiger partial charge is 0.304 e. The number of halogens is 1. The number of likely N-dealkylation sites (N-methyl/N-ethyl adjacent to an activating group) is 1. The van der Waals surface area contributed by atoms with Crippen molar-refractivity contribution in [3.05, 3.63) is 65.7 Å². The van der Waals surface area contributed by atoms with Crippen LogP contribution in [0.25, 0.3) is 6.08 Å². The van der Waals surface area contributed by atoms with Crippen LogP contribution < -0.4 is 0 Å². The van der Waals surface area contributed by atoms with Crippen LogP contribution in [0.5, 0.6) is 0 Å². The summed E-state index contributed by atoms with van der Waals surface area (Å²) in [4.78, 5) is 6.94. The van der Waals surface area contributed by atoms with Crippen LogP contribution in [0.4, 0.5) is 4.39 Å². The van der Waals surface area contributed by atoms with Crippen molar-refractivity contribution in [2.75, 3.05) is 33.2 Å². The van der Waals surface area contributed by atoms with Crippen LogP contribution in [0.1, 0.15) is 17.7 Å². The summed E-state index contributed by atoms with van der Waals surface area (Å²) in [7, 11) is -2.05. The molecular formula is C20H22FN3O2S. The first kappa shape index (κ1) is 18.3. The van der Waals surface area contributed by atoms with Crippen molar-refractivity contribution in [3.63, 3.8) is 0 Å². The first-order valence-electron chi connectivity index (χ1n) is 9.01. The Morgan fingerprint density at radius 3 is 2.56 bits per heavy atom. The standard InChI is InChI=1S/C20H22FN3O2S/c1-23-12-14-24(15-13-23)20(10-4-6-16-7-5-11-22-19(16)20)27(25,26)18-9-3-2-8-17(18)21/h2-9,11H,10,12-15H2,1H3. The molecule has 0 saturated carbocycles. The lowest BCUT2D eigenvalue weighted by Gasteiger charge is -2.47. The fourth-order valence-corrected chi connectivity index (χ4v) is 6.23. The molecule has 1 aliphatic heterocycles. The Hall–Kier alpha value is -2.09. The van der Waals surface area contributed by atoms with Gasteiger partial charge in [0.25, 0.3) is 0 Å². The third-order valence-electron chi connectivity index (χ3n) is 5.49. The Balaban J connectivity index is 1.96. The third-order valence-corrected chi connectivity index (χ3v) is 7.90. The number of benzene rings is 1. The monoisotopic (exact) mass is 387 g/mol. The Bertz CT molecular complexity index is 984.